The number of aromatic nitrogens is 1. The van der Waals surface area contributed by atoms with Gasteiger partial charge in [-0.15, -0.1) is 11.3 Å². The Bertz CT molecular complexity index is 1960. The van der Waals surface area contributed by atoms with E-state index in [2.05, 4.69) is 33.2 Å². The molecule has 11 heteroatoms. The third kappa shape index (κ3) is 6.63. The fraction of sp³-hybridized carbons (Fsp3) is 0.297. The lowest BCUT2D eigenvalue weighted by Gasteiger charge is -2.36. The van der Waals surface area contributed by atoms with Gasteiger partial charge >= 0.3 is 6.03 Å². The fourth-order valence-corrected chi connectivity index (χ4v) is 7.32. The van der Waals surface area contributed by atoms with Crippen LogP contribution in [0.5, 0.6) is 11.5 Å². The molecule has 4 aromatic rings. The van der Waals surface area contributed by atoms with Gasteiger partial charge in [0.15, 0.2) is 0 Å². The first-order chi connectivity index (χ1) is 23.1. The molecule has 246 valence electrons. The van der Waals surface area contributed by atoms with Crippen LogP contribution >= 0.6 is 11.3 Å². The number of carbonyl (C=O) groups excluding carboxylic acids is 2. The molecule has 3 amide bonds. The topological polar surface area (TPSA) is 120 Å². The van der Waals surface area contributed by atoms with Crippen molar-refractivity contribution in [2.24, 2.45) is 5.41 Å². The number of nitrogens with zero attached hydrogens (tertiary/aromatic N) is 4. The lowest BCUT2D eigenvalue weighted by molar-refractivity contribution is 0.0919. The molecular formula is C37H38N6O4S. The van der Waals surface area contributed by atoms with E-state index < -0.39 is 0 Å². The first-order valence-electron chi connectivity index (χ1n) is 15.8. The van der Waals surface area contributed by atoms with Crippen LogP contribution in [0.15, 0.2) is 84.7 Å². The van der Waals surface area contributed by atoms with Crippen molar-refractivity contribution in [2.75, 3.05) is 37.0 Å². The van der Waals surface area contributed by atoms with Gasteiger partial charge in [0.25, 0.3) is 5.91 Å². The molecule has 2 aromatic heterocycles. The summed E-state index contributed by atoms with van der Waals surface area (Å²) in [6.45, 7) is 11.9. The number of pyridine rings is 1. The zero-order valence-electron chi connectivity index (χ0n) is 27.5. The smallest absolute Gasteiger partial charge is 0.331 e. The van der Waals surface area contributed by atoms with E-state index in [9.17, 15) is 14.9 Å². The van der Waals surface area contributed by atoms with Crippen molar-refractivity contribution in [3.05, 3.63) is 95.2 Å². The minimum Gasteiger partial charge on any atom is -0.457 e. The number of ether oxygens (including phenoxy) is 2. The lowest BCUT2D eigenvalue weighted by Crippen LogP contribution is -2.47. The van der Waals surface area contributed by atoms with Crippen molar-refractivity contribution in [1.29, 1.82) is 5.26 Å². The molecule has 0 unspecified atom stereocenters. The predicted octanol–water partition coefficient (Wildman–Crippen LogP) is 7.91. The van der Waals surface area contributed by atoms with Crippen molar-refractivity contribution >= 4 is 50.6 Å². The molecule has 6 rings (SSSR count). The summed E-state index contributed by atoms with van der Waals surface area (Å²) in [6.07, 6.45) is 5.17. The van der Waals surface area contributed by atoms with Crippen molar-refractivity contribution in [1.82, 2.24) is 15.2 Å². The predicted molar refractivity (Wildman–Crippen MR) is 189 cm³/mol. The van der Waals surface area contributed by atoms with Gasteiger partial charge in [0.05, 0.1) is 34.6 Å². The van der Waals surface area contributed by atoms with Crippen LogP contribution in [-0.2, 0) is 4.74 Å². The molecule has 0 aliphatic carbocycles. The van der Waals surface area contributed by atoms with E-state index in [4.69, 9.17) is 9.47 Å². The van der Waals surface area contributed by atoms with Crippen molar-refractivity contribution < 1.29 is 19.1 Å². The Balaban J connectivity index is 1.22. The quantitative estimate of drug-likeness (QED) is 0.131. The molecule has 1 atom stereocenters. The average Bonchev–Trinajstić information content (AvgIpc) is 3.44. The number of para-hydroxylation sites is 1. The number of carbonyl (C=O) groups is 2. The van der Waals surface area contributed by atoms with Gasteiger partial charge in [0, 0.05) is 43.6 Å². The van der Waals surface area contributed by atoms with E-state index in [1.165, 1.54) is 11.3 Å². The Kier molecular flexibility index (Phi) is 9.22. The number of aryl methyl sites for hydroxylation is 1. The number of hydrogen-bond acceptors (Lipinski definition) is 8. The number of anilines is 3. The highest BCUT2D eigenvalue weighted by Gasteiger charge is 2.34. The molecule has 48 heavy (non-hydrogen) atoms. The standard InChI is InChI=1S/C37H38N6O4S/c1-23-18-28(47-27-11-7-6-8-12-27)13-14-29(23)43-30-15-16-39-35-31(30)32(41-36(43)45)33(48-35)34(44)40-26-10-9-17-42(21-26)24(2)25(20-38)19-37(3,4)22-46-5/h6-8,11-16,18-19,26H,2,9-10,17,21-22H2,1,3-5H3,(H,40,44)(H,41,45)/b25-19-/t26-/m1/s1. The summed E-state index contributed by atoms with van der Waals surface area (Å²) in [7, 11) is 1.64. The summed E-state index contributed by atoms with van der Waals surface area (Å²) < 4.78 is 11.3. The minimum absolute atomic E-state index is 0.171. The van der Waals surface area contributed by atoms with Gasteiger partial charge in [0.1, 0.15) is 27.3 Å². The van der Waals surface area contributed by atoms with E-state index in [-0.39, 0.29) is 23.4 Å². The number of amides is 3. The van der Waals surface area contributed by atoms with Crippen LogP contribution in [0.25, 0.3) is 10.2 Å². The van der Waals surface area contributed by atoms with Gasteiger partial charge < -0.3 is 25.0 Å². The first-order valence-corrected chi connectivity index (χ1v) is 16.6. The lowest BCUT2D eigenvalue weighted by atomic mass is 9.91. The van der Waals surface area contributed by atoms with E-state index in [1.807, 2.05) is 75.4 Å². The number of thiophene rings is 1. The highest BCUT2D eigenvalue weighted by atomic mass is 32.1. The van der Waals surface area contributed by atoms with Gasteiger partial charge in [-0.3, -0.25) is 9.69 Å². The second-order valence-electron chi connectivity index (χ2n) is 12.7. The molecular weight excluding hydrogens is 625 g/mol. The first kappa shape index (κ1) is 32.7. The number of urea groups is 1. The number of allylic oxidation sites excluding steroid dienone is 1. The number of benzene rings is 2. The van der Waals surface area contributed by atoms with Crippen molar-refractivity contribution in [3.63, 3.8) is 0 Å². The number of nitrogens with one attached hydrogen (secondary N) is 2. The summed E-state index contributed by atoms with van der Waals surface area (Å²) in [6, 6.07) is 18.7. The van der Waals surface area contributed by atoms with Crippen molar-refractivity contribution in [3.8, 4) is 17.6 Å². The number of rotatable bonds is 10. The average molecular weight is 663 g/mol. The maximum atomic E-state index is 13.8. The van der Waals surface area contributed by atoms with Crippen molar-refractivity contribution in [2.45, 2.75) is 39.7 Å². The van der Waals surface area contributed by atoms with Crippen LogP contribution in [0.4, 0.5) is 21.9 Å². The summed E-state index contributed by atoms with van der Waals surface area (Å²) >= 11 is 1.25. The van der Waals surface area contributed by atoms with Crippen LogP contribution in [0.2, 0.25) is 0 Å². The highest BCUT2D eigenvalue weighted by Crippen LogP contribution is 2.46. The van der Waals surface area contributed by atoms with Crippen LogP contribution in [0.3, 0.4) is 0 Å². The van der Waals surface area contributed by atoms with E-state index in [1.54, 1.807) is 24.3 Å². The number of likely N-dealkylation sites (tertiary alicyclic amines) is 1. The molecule has 2 aliphatic rings. The van der Waals surface area contributed by atoms with Crippen LogP contribution < -0.4 is 20.3 Å². The maximum absolute atomic E-state index is 13.8. The Morgan fingerprint density at radius 1 is 1.21 bits per heavy atom. The number of methoxy groups -OCH3 is 1. The summed E-state index contributed by atoms with van der Waals surface area (Å²) in [4.78, 5) is 36.8. The van der Waals surface area contributed by atoms with Gasteiger partial charge in [-0.25, -0.2) is 9.78 Å². The van der Waals surface area contributed by atoms with Gasteiger partial charge in [-0.2, -0.15) is 5.26 Å². The number of nitriles is 1. The molecule has 2 aromatic carbocycles. The summed E-state index contributed by atoms with van der Waals surface area (Å²) in [5.74, 6) is 1.11. The Morgan fingerprint density at radius 2 is 2.00 bits per heavy atom. The van der Waals surface area contributed by atoms with Crippen LogP contribution in [0.1, 0.15) is 41.9 Å². The van der Waals surface area contributed by atoms with Gasteiger partial charge in [-0.1, -0.05) is 44.7 Å². The third-order valence-corrected chi connectivity index (χ3v) is 9.56. The molecule has 10 nitrogen and oxygen atoms in total. The second-order valence-corrected chi connectivity index (χ2v) is 13.7. The Labute approximate surface area is 284 Å². The SMILES string of the molecule is C=C(/C(C#N)=C\C(C)(C)COC)N1CCC[C@@H](NC(=O)c2sc3nccc4c3c2NC(=O)N4c2ccc(Oc3ccccc3)cc2C)C1. The molecule has 0 spiro atoms. The monoisotopic (exact) mass is 662 g/mol. The summed E-state index contributed by atoms with van der Waals surface area (Å²) in [5.41, 5.74) is 3.46. The van der Waals surface area contributed by atoms with Crippen LogP contribution in [0, 0.1) is 23.7 Å². The largest absolute Gasteiger partial charge is 0.457 e. The van der Waals surface area contributed by atoms with Gasteiger partial charge in [-0.05, 0) is 61.7 Å². The molecule has 0 bridgehead atoms. The van der Waals surface area contributed by atoms with Gasteiger partial charge in [0.2, 0.25) is 0 Å². The maximum Gasteiger partial charge on any atom is 0.331 e. The molecule has 0 radical (unpaired) electrons. The molecule has 2 aliphatic heterocycles. The highest BCUT2D eigenvalue weighted by molar-refractivity contribution is 7.21. The Morgan fingerprint density at radius 3 is 2.73 bits per heavy atom. The molecule has 4 heterocycles. The summed E-state index contributed by atoms with van der Waals surface area (Å²) in [5, 5.41) is 16.8. The zero-order valence-corrected chi connectivity index (χ0v) is 28.3. The number of hydrogen-bond donors (Lipinski definition) is 2. The van der Waals surface area contributed by atoms with Crippen LogP contribution in [-0.4, -0.2) is 54.7 Å². The van der Waals surface area contributed by atoms with E-state index in [0.717, 1.165) is 36.1 Å². The Hall–Kier alpha value is -5.18. The fourth-order valence-electron chi connectivity index (χ4n) is 6.30. The minimum atomic E-state index is -0.366. The normalized spacial score (nSPS) is 16.4. The van der Waals surface area contributed by atoms with E-state index in [0.29, 0.717) is 56.9 Å². The number of piperidine rings is 1. The zero-order chi connectivity index (χ0) is 34.0. The third-order valence-electron chi connectivity index (χ3n) is 8.46. The second kappa shape index (κ2) is 13.5. The molecule has 1 fully saturated rings. The molecule has 2 N–H and O–H groups in total. The molecule has 0 saturated carbocycles. The molecule has 1 saturated heterocycles. The van der Waals surface area contributed by atoms with E-state index >= 15 is 0 Å².